The smallest absolute Gasteiger partial charge is 0.265 e. The van der Waals surface area contributed by atoms with Crippen LogP contribution < -0.4 is 10.6 Å². The molecule has 1 aromatic carbocycles. The molecule has 0 fully saturated rings. The predicted molar refractivity (Wildman–Crippen MR) is 90.9 cm³/mol. The zero-order valence-electron chi connectivity index (χ0n) is 12.0. The number of aromatic nitrogens is 1. The molecule has 2 amide bonds. The van der Waals surface area contributed by atoms with Crippen LogP contribution in [-0.4, -0.2) is 16.8 Å². The van der Waals surface area contributed by atoms with Gasteiger partial charge in [-0.3, -0.25) is 14.6 Å². The predicted octanol–water partition coefficient (Wildman–Crippen LogP) is 3.65. The van der Waals surface area contributed by atoms with Crippen LogP contribution in [0.1, 0.15) is 20.0 Å². The van der Waals surface area contributed by atoms with Crippen LogP contribution in [0.2, 0.25) is 0 Å². The monoisotopic (exact) mass is 323 g/mol. The Morgan fingerprint density at radius 2 is 1.65 bits per heavy atom. The fourth-order valence-electron chi connectivity index (χ4n) is 1.98. The summed E-state index contributed by atoms with van der Waals surface area (Å²) in [6.07, 6.45) is 3.21. The number of thiophene rings is 1. The van der Waals surface area contributed by atoms with Crippen LogP contribution in [0.5, 0.6) is 0 Å². The number of carbonyl (C=O) groups is 2. The van der Waals surface area contributed by atoms with E-state index in [4.69, 9.17) is 0 Å². The van der Waals surface area contributed by atoms with Crippen molar-refractivity contribution in [2.75, 3.05) is 10.6 Å². The van der Waals surface area contributed by atoms with Crippen molar-refractivity contribution in [1.29, 1.82) is 0 Å². The first-order chi connectivity index (χ1) is 11.2. The van der Waals surface area contributed by atoms with E-state index in [0.29, 0.717) is 21.8 Å². The van der Waals surface area contributed by atoms with Crippen molar-refractivity contribution in [1.82, 2.24) is 4.98 Å². The maximum atomic E-state index is 12.2. The van der Waals surface area contributed by atoms with Gasteiger partial charge >= 0.3 is 0 Å². The van der Waals surface area contributed by atoms with E-state index in [1.165, 1.54) is 11.3 Å². The van der Waals surface area contributed by atoms with E-state index in [1.54, 1.807) is 54.9 Å². The molecule has 0 spiro atoms. The fourth-order valence-corrected chi connectivity index (χ4v) is 2.60. The summed E-state index contributed by atoms with van der Waals surface area (Å²) in [5.74, 6) is -0.435. The lowest BCUT2D eigenvalue weighted by molar-refractivity contribution is 0.101. The van der Waals surface area contributed by atoms with Gasteiger partial charge in [-0.2, -0.15) is 0 Å². The van der Waals surface area contributed by atoms with Crippen LogP contribution in [0, 0.1) is 0 Å². The van der Waals surface area contributed by atoms with E-state index in [9.17, 15) is 9.59 Å². The summed E-state index contributed by atoms with van der Waals surface area (Å²) in [4.78, 5) is 28.8. The van der Waals surface area contributed by atoms with Crippen molar-refractivity contribution in [3.8, 4) is 0 Å². The topological polar surface area (TPSA) is 71.1 Å². The standard InChI is InChI=1S/C17H13N3O2S/c21-16(19-13-6-8-18-9-7-13)12-3-1-4-14(11-12)20-17(22)15-5-2-10-23-15/h1-11H,(H,20,22)(H,18,19,21). The van der Waals surface area contributed by atoms with E-state index < -0.39 is 0 Å². The number of hydrogen-bond donors (Lipinski definition) is 2. The van der Waals surface area contributed by atoms with Crippen molar-refractivity contribution >= 4 is 34.5 Å². The van der Waals surface area contributed by atoms with Crippen LogP contribution in [0.3, 0.4) is 0 Å². The summed E-state index contributed by atoms with van der Waals surface area (Å²) in [5.41, 5.74) is 1.70. The highest BCUT2D eigenvalue weighted by Crippen LogP contribution is 2.16. The second-order valence-corrected chi connectivity index (χ2v) is 5.65. The first-order valence-corrected chi connectivity index (χ1v) is 7.76. The van der Waals surface area contributed by atoms with Crippen molar-refractivity contribution in [3.05, 3.63) is 76.7 Å². The number of anilines is 2. The van der Waals surface area contributed by atoms with Crippen LogP contribution >= 0.6 is 11.3 Å². The van der Waals surface area contributed by atoms with Crippen molar-refractivity contribution in [2.24, 2.45) is 0 Å². The molecular formula is C17H13N3O2S. The van der Waals surface area contributed by atoms with E-state index in [1.807, 2.05) is 11.4 Å². The molecule has 2 N–H and O–H groups in total. The average Bonchev–Trinajstić information content (AvgIpc) is 3.11. The van der Waals surface area contributed by atoms with Gasteiger partial charge in [0.1, 0.15) is 0 Å². The molecule has 3 rings (SSSR count). The molecule has 2 heterocycles. The quantitative estimate of drug-likeness (QED) is 0.770. The summed E-state index contributed by atoms with van der Waals surface area (Å²) in [5, 5.41) is 7.40. The summed E-state index contributed by atoms with van der Waals surface area (Å²) < 4.78 is 0. The van der Waals surface area contributed by atoms with Gasteiger partial charge in [-0.25, -0.2) is 0 Å². The minimum absolute atomic E-state index is 0.188. The van der Waals surface area contributed by atoms with Crippen LogP contribution in [0.25, 0.3) is 0 Å². The van der Waals surface area contributed by atoms with Crippen LogP contribution in [-0.2, 0) is 0 Å². The zero-order valence-corrected chi connectivity index (χ0v) is 12.8. The number of hydrogen-bond acceptors (Lipinski definition) is 4. The van der Waals surface area contributed by atoms with E-state index in [-0.39, 0.29) is 11.8 Å². The van der Waals surface area contributed by atoms with E-state index >= 15 is 0 Å². The molecule has 114 valence electrons. The summed E-state index contributed by atoms with van der Waals surface area (Å²) in [7, 11) is 0. The van der Waals surface area contributed by atoms with E-state index in [2.05, 4.69) is 15.6 Å². The Bertz CT molecular complexity index is 817. The Hall–Kier alpha value is -2.99. The number of carbonyl (C=O) groups excluding carboxylic acids is 2. The summed E-state index contributed by atoms with van der Waals surface area (Å²) in [6.45, 7) is 0. The molecule has 0 atom stereocenters. The normalized spacial score (nSPS) is 10.1. The Kier molecular flexibility index (Phi) is 4.44. The molecular weight excluding hydrogens is 310 g/mol. The van der Waals surface area contributed by atoms with Gasteiger partial charge in [0.05, 0.1) is 4.88 Å². The Labute approximate surface area is 137 Å². The molecule has 0 bridgehead atoms. The third-order valence-electron chi connectivity index (χ3n) is 3.07. The molecule has 23 heavy (non-hydrogen) atoms. The van der Waals surface area contributed by atoms with Gasteiger partial charge in [0.2, 0.25) is 0 Å². The molecule has 5 nitrogen and oxygen atoms in total. The fraction of sp³-hybridized carbons (Fsp3) is 0. The number of benzene rings is 1. The Morgan fingerprint density at radius 3 is 2.39 bits per heavy atom. The number of pyridine rings is 1. The van der Waals surface area contributed by atoms with Gasteiger partial charge in [-0.1, -0.05) is 12.1 Å². The molecule has 6 heteroatoms. The third kappa shape index (κ3) is 3.81. The molecule has 0 aliphatic rings. The zero-order chi connectivity index (χ0) is 16.1. The Balaban J connectivity index is 1.72. The molecule has 0 unspecified atom stereocenters. The lowest BCUT2D eigenvalue weighted by atomic mass is 10.2. The summed E-state index contributed by atoms with van der Waals surface area (Å²) >= 11 is 1.37. The Morgan fingerprint density at radius 1 is 0.870 bits per heavy atom. The largest absolute Gasteiger partial charge is 0.322 e. The van der Waals surface area contributed by atoms with Gasteiger partial charge in [-0.05, 0) is 41.8 Å². The second-order valence-electron chi connectivity index (χ2n) is 4.70. The summed E-state index contributed by atoms with van der Waals surface area (Å²) in [6, 6.07) is 13.8. The molecule has 0 aliphatic heterocycles. The first kappa shape index (κ1) is 14.9. The third-order valence-corrected chi connectivity index (χ3v) is 3.93. The SMILES string of the molecule is O=C(Nc1ccncc1)c1cccc(NC(=O)c2cccs2)c1. The minimum atomic E-state index is -0.247. The van der Waals surface area contributed by atoms with Gasteiger partial charge in [-0.15, -0.1) is 11.3 Å². The molecule has 0 saturated heterocycles. The second kappa shape index (κ2) is 6.85. The molecule has 3 aromatic rings. The highest BCUT2D eigenvalue weighted by atomic mass is 32.1. The van der Waals surface area contributed by atoms with E-state index in [0.717, 1.165) is 0 Å². The van der Waals surface area contributed by atoms with Crippen molar-refractivity contribution < 1.29 is 9.59 Å². The van der Waals surface area contributed by atoms with Crippen molar-refractivity contribution in [2.45, 2.75) is 0 Å². The first-order valence-electron chi connectivity index (χ1n) is 6.89. The molecule has 0 aliphatic carbocycles. The highest BCUT2D eigenvalue weighted by molar-refractivity contribution is 7.12. The maximum Gasteiger partial charge on any atom is 0.265 e. The highest BCUT2D eigenvalue weighted by Gasteiger charge is 2.10. The maximum absolute atomic E-state index is 12.2. The number of nitrogens with zero attached hydrogens (tertiary/aromatic N) is 1. The molecule has 0 radical (unpaired) electrons. The minimum Gasteiger partial charge on any atom is -0.322 e. The average molecular weight is 323 g/mol. The lowest BCUT2D eigenvalue weighted by Crippen LogP contribution is -2.14. The van der Waals surface area contributed by atoms with Gasteiger partial charge in [0.25, 0.3) is 11.8 Å². The number of rotatable bonds is 4. The van der Waals surface area contributed by atoms with Gasteiger partial charge in [0.15, 0.2) is 0 Å². The van der Waals surface area contributed by atoms with Crippen molar-refractivity contribution in [3.63, 3.8) is 0 Å². The number of nitrogens with one attached hydrogen (secondary N) is 2. The van der Waals surface area contributed by atoms with Crippen LogP contribution in [0.15, 0.2) is 66.3 Å². The molecule has 2 aromatic heterocycles. The van der Waals surface area contributed by atoms with Crippen LogP contribution in [0.4, 0.5) is 11.4 Å². The number of amides is 2. The molecule has 0 saturated carbocycles. The van der Waals surface area contributed by atoms with Gasteiger partial charge in [0, 0.05) is 29.3 Å². The lowest BCUT2D eigenvalue weighted by Gasteiger charge is -2.07. The van der Waals surface area contributed by atoms with Gasteiger partial charge < -0.3 is 10.6 Å².